The second-order valence-corrected chi connectivity index (χ2v) is 5.21. The van der Waals surface area contributed by atoms with E-state index in [-0.39, 0.29) is 11.2 Å². The van der Waals surface area contributed by atoms with Gasteiger partial charge in [-0.3, -0.25) is 0 Å². The topological polar surface area (TPSA) is 12.9 Å². The van der Waals surface area contributed by atoms with Gasteiger partial charge in [0.2, 0.25) is 0 Å². The lowest BCUT2D eigenvalue weighted by atomic mass is 10.1. The summed E-state index contributed by atoms with van der Waals surface area (Å²) in [6.45, 7) is 3.86. The Morgan fingerprint density at radius 2 is 2.27 bits per heavy atom. The number of thiazole rings is 1. The Balaban J connectivity index is 2.60. The first-order valence-corrected chi connectivity index (χ1v) is 6.07. The third kappa shape index (κ3) is 1.99. The van der Waals surface area contributed by atoms with Gasteiger partial charge in [0.15, 0.2) is 0 Å². The number of nitrogens with zero attached hydrogens (tertiary/aromatic N) is 1. The summed E-state index contributed by atoms with van der Waals surface area (Å²) in [6.07, 6.45) is 0.715. The largest absolute Gasteiger partial charge is 0.241 e. The van der Waals surface area contributed by atoms with Gasteiger partial charge in [-0.25, -0.2) is 9.37 Å². The maximum Gasteiger partial charge on any atom is 0.129 e. The quantitative estimate of drug-likeness (QED) is 0.711. The van der Waals surface area contributed by atoms with E-state index >= 15 is 0 Å². The number of rotatable bonds is 2. The van der Waals surface area contributed by atoms with Gasteiger partial charge in [0.1, 0.15) is 5.82 Å². The summed E-state index contributed by atoms with van der Waals surface area (Å²) < 4.78 is 14.5. The average molecular weight is 244 g/mol. The van der Waals surface area contributed by atoms with Crippen LogP contribution >= 0.6 is 22.9 Å². The van der Waals surface area contributed by atoms with E-state index in [1.54, 1.807) is 6.07 Å². The molecule has 2 rings (SSSR count). The van der Waals surface area contributed by atoms with Crippen LogP contribution < -0.4 is 0 Å². The molecule has 2 aromatic rings. The molecule has 0 fully saturated rings. The molecule has 0 aliphatic carbocycles. The highest BCUT2D eigenvalue weighted by Gasteiger charge is 2.13. The summed E-state index contributed by atoms with van der Waals surface area (Å²) >= 11 is 7.54. The van der Waals surface area contributed by atoms with E-state index in [1.807, 2.05) is 13.8 Å². The fourth-order valence-corrected chi connectivity index (χ4v) is 2.54. The maximum atomic E-state index is 13.7. The molecule has 0 amide bonds. The second kappa shape index (κ2) is 4.06. The van der Waals surface area contributed by atoms with E-state index in [9.17, 15) is 4.39 Å². The van der Waals surface area contributed by atoms with Gasteiger partial charge < -0.3 is 0 Å². The van der Waals surface area contributed by atoms with Crippen LogP contribution in [0.15, 0.2) is 12.1 Å². The molecule has 1 heterocycles. The van der Waals surface area contributed by atoms with Crippen molar-refractivity contribution >= 4 is 33.2 Å². The number of halogens is 2. The molecule has 15 heavy (non-hydrogen) atoms. The minimum Gasteiger partial charge on any atom is -0.241 e. The Hall–Kier alpha value is -0.670. The Morgan fingerprint density at radius 3 is 2.93 bits per heavy atom. The van der Waals surface area contributed by atoms with E-state index in [0.29, 0.717) is 12.0 Å². The van der Waals surface area contributed by atoms with E-state index in [2.05, 4.69) is 4.98 Å². The van der Waals surface area contributed by atoms with Gasteiger partial charge in [0, 0.05) is 5.56 Å². The van der Waals surface area contributed by atoms with Gasteiger partial charge in [-0.15, -0.1) is 22.9 Å². The number of fused-ring (bicyclic) bond motifs is 1. The second-order valence-electron chi connectivity index (χ2n) is 3.45. The van der Waals surface area contributed by atoms with Crippen molar-refractivity contribution in [2.24, 2.45) is 0 Å². The molecule has 80 valence electrons. The lowest BCUT2D eigenvalue weighted by Gasteiger charge is -2.07. The summed E-state index contributed by atoms with van der Waals surface area (Å²) in [5, 5.41) is 0.681. The van der Waals surface area contributed by atoms with Crippen LogP contribution in [0.2, 0.25) is 0 Å². The molecule has 4 heteroatoms. The van der Waals surface area contributed by atoms with Gasteiger partial charge in [-0.05, 0) is 25.5 Å². The van der Waals surface area contributed by atoms with Crippen LogP contribution in [0, 0.1) is 12.7 Å². The molecule has 1 atom stereocenters. The number of alkyl halides is 1. The minimum atomic E-state index is -0.267. The molecule has 0 saturated carbocycles. The van der Waals surface area contributed by atoms with Crippen molar-refractivity contribution in [3.63, 3.8) is 0 Å². The maximum absolute atomic E-state index is 13.7. The number of aromatic nitrogens is 1. The van der Waals surface area contributed by atoms with Crippen molar-refractivity contribution in [3.05, 3.63) is 28.5 Å². The number of benzene rings is 1. The van der Waals surface area contributed by atoms with E-state index in [4.69, 9.17) is 11.6 Å². The molecule has 0 radical (unpaired) electrons. The monoisotopic (exact) mass is 243 g/mol. The van der Waals surface area contributed by atoms with E-state index in [1.165, 1.54) is 17.4 Å². The van der Waals surface area contributed by atoms with Crippen LogP contribution in [-0.4, -0.2) is 4.98 Å². The third-order valence-electron chi connectivity index (χ3n) is 2.31. The molecule has 0 aliphatic rings. The predicted molar refractivity (Wildman–Crippen MR) is 63.2 cm³/mol. The number of hydrogen-bond acceptors (Lipinski definition) is 2. The van der Waals surface area contributed by atoms with Crippen molar-refractivity contribution in [1.82, 2.24) is 4.98 Å². The zero-order chi connectivity index (χ0) is 11.0. The zero-order valence-electron chi connectivity index (χ0n) is 8.55. The summed E-state index contributed by atoms with van der Waals surface area (Å²) in [7, 11) is 0. The van der Waals surface area contributed by atoms with Gasteiger partial charge >= 0.3 is 0 Å². The SMILES string of the molecule is CCC(Cl)c1cc2nc(C)sc2cc1F. The van der Waals surface area contributed by atoms with Crippen molar-refractivity contribution in [3.8, 4) is 0 Å². The van der Waals surface area contributed by atoms with Gasteiger partial charge in [-0.2, -0.15) is 0 Å². The molecule has 1 aromatic carbocycles. The third-order valence-corrected chi connectivity index (χ3v) is 3.79. The van der Waals surface area contributed by atoms with Crippen molar-refractivity contribution < 1.29 is 4.39 Å². The molecule has 0 aliphatic heterocycles. The standard InChI is InChI=1S/C11H11ClFNS/c1-3-8(12)7-4-10-11(5-9(7)13)15-6(2)14-10/h4-5,8H,3H2,1-2H3. The van der Waals surface area contributed by atoms with Crippen molar-refractivity contribution in [2.75, 3.05) is 0 Å². The lowest BCUT2D eigenvalue weighted by molar-refractivity contribution is 0.606. The minimum absolute atomic E-state index is 0.229. The van der Waals surface area contributed by atoms with E-state index < -0.39 is 0 Å². The highest BCUT2D eigenvalue weighted by molar-refractivity contribution is 7.18. The van der Waals surface area contributed by atoms with Crippen LogP contribution in [0.4, 0.5) is 4.39 Å². The first-order chi connectivity index (χ1) is 7.11. The van der Waals surface area contributed by atoms with Crippen LogP contribution in [0.25, 0.3) is 10.2 Å². The van der Waals surface area contributed by atoms with Gasteiger partial charge in [0.05, 0.1) is 20.6 Å². The zero-order valence-corrected chi connectivity index (χ0v) is 10.1. The lowest BCUT2D eigenvalue weighted by Crippen LogP contribution is -1.93. The molecule has 0 saturated heterocycles. The Morgan fingerprint density at radius 1 is 1.53 bits per heavy atom. The fraction of sp³-hybridized carbons (Fsp3) is 0.364. The van der Waals surface area contributed by atoms with Crippen LogP contribution in [0.5, 0.6) is 0 Å². The van der Waals surface area contributed by atoms with Crippen LogP contribution in [-0.2, 0) is 0 Å². The van der Waals surface area contributed by atoms with Crippen LogP contribution in [0.3, 0.4) is 0 Å². The molecular weight excluding hydrogens is 233 g/mol. The highest BCUT2D eigenvalue weighted by Crippen LogP contribution is 2.31. The molecule has 0 bridgehead atoms. The summed E-state index contributed by atoms with van der Waals surface area (Å²) in [5.74, 6) is -0.229. The highest BCUT2D eigenvalue weighted by atomic mass is 35.5. The van der Waals surface area contributed by atoms with Gasteiger partial charge in [0.25, 0.3) is 0 Å². The summed E-state index contributed by atoms with van der Waals surface area (Å²) in [6, 6.07) is 3.29. The average Bonchev–Trinajstić information content (AvgIpc) is 2.55. The van der Waals surface area contributed by atoms with Crippen molar-refractivity contribution in [1.29, 1.82) is 0 Å². The summed E-state index contributed by atoms with van der Waals surface area (Å²) in [5.41, 5.74) is 1.39. The Bertz CT molecular complexity index is 495. The molecule has 0 N–H and O–H groups in total. The Kier molecular flexibility index (Phi) is 2.94. The number of aryl methyl sites for hydroxylation is 1. The van der Waals surface area contributed by atoms with E-state index in [0.717, 1.165) is 15.2 Å². The molecule has 1 nitrogen and oxygen atoms in total. The molecule has 0 spiro atoms. The summed E-state index contributed by atoms with van der Waals surface area (Å²) in [4.78, 5) is 4.32. The smallest absolute Gasteiger partial charge is 0.129 e. The van der Waals surface area contributed by atoms with Crippen molar-refractivity contribution in [2.45, 2.75) is 25.6 Å². The molecule has 1 aromatic heterocycles. The van der Waals surface area contributed by atoms with Crippen LogP contribution in [0.1, 0.15) is 29.3 Å². The predicted octanol–water partition coefficient (Wildman–Crippen LogP) is 4.43. The van der Waals surface area contributed by atoms with Gasteiger partial charge in [-0.1, -0.05) is 6.92 Å². The molecule has 1 unspecified atom stereocenters. The Labute approximate surface area is 96.9 Å². The first kappa shape index (κ1) is 10.8. The number of hydrogen-bond donors (Lipinski definition) is 0. The fourth-order valence-electron chi connectivity index (χ4n) is 1.54. The normalized spacial score (nSPS) is 13.3. The first-order valence-electron chi connectivity index (χ1n) is 4.82. The molecular formula is C11H11ClFNS.